The van der Waals surface area contributed by atoms with Gasteiger partial charge in [-0.3, -0.25) is 0 Å². The summed E-state index contributed by atoms with van der Waals surface area (Å²) in [7, 11) is 1.74. The van der Waals surface area contributed by atoms with Gasteiger partial charge in [-0.25, -0.2) is 0 Å². The first-order valence-corrected chi connectivity index (χ1v) is 5.25. The van der Waals surface area contributed by atoms with Crippen LogP contribution < -0.4 is 5.73 Å². The maximum atomic E-state index is 5.60. The first kappa shape index (κ1) is 11.3. The van der Waals surface area contributed by atoms with Gasteiger partial charge in [0.1, 0.15) is 0 Å². The first-order valence-electron chi connectivity index (χ1n) is 4.09. The summed E-state index contributed by atoms with van der Waals surface area (Å²) in [5, 5.41) is 0. The Morgan fingerprint density at radius 1 is 1.45 bits per heavy atom. The number of hydrogen-bond acceptors (Lipinski definition) is 3. The molecule has 0 heterocycles. The second-order valence-electron chi connectivity index (χ2n) is 2.72. The summed E-state index contributed by atoms with van der Waals surface area (Å²) >= 11 is 1.96. The van der Waals surface area contributed by atoms with Crippen LogP contribution in [0.3, 0.4) is 0 Å². The molecular formula is C8H19NOS. The fraction of sp³-hybridized carbons (Fsp3) is 1.00. The molecule has 0 bridgehead atoms. The quantitative estimate of drug-likeness (QED) is 0.598. The van der Waals surface area contributed by atoms with Crippen LogP contribution in [-0.4, -0.2) is 31.3 Å². The summed E-state index contributed by atoms with van der Waals surface area (Å²) in [6.07, 6.45) is 2.28. The first-order chi connectivity index (χ1) is 5.27. The van der Waals surface area contributed by atoms with E-state index in [4.69, 9.17) is 10.5 Å². The van der Waals surface area contributed by atoms with Crippen LogP contribution in [0.5, 0.6) is 0 Å². The van der Waals surface area contributed by atoms with E-state index < -0.39 is 0 Å². The molecule has 3 heteroatoms. The van der Waals surface area contributed by atoms with E-state index in [1.54, 1.807) is 7.11 Å². The molecule has 0 aliphatic rings. The van der Waals surface area contributed by atoms with Crippen molar-refractivity contribution in [1.29, 1.82) is 0 Å². The van der Waals surface area contributed by atoms with Gasteiger partial charge in [-0.1, -0.05) is 0 Å². The van der Waals surface area contributed by atoms with Crippen LogP contribution in [0.25, 0.3) is 0 Å². The zero-order valence-corrected chi connectivity index (χ0v) is 8.32. The highest BCUT2D eigenvalue weighted by molar-refractivity contribution is 7.99. The lowest BCUT2D eigenvalue weighted by Gasteiger charge is -2.03. The average Bonchev–Trinajstić information content (AvgIpc) is 1.96. The molecule has 0 aromatic heterocycles. The van der Waals surface area contributed by atoms with E-state index in [1.807, 2.05) is 11.8 Å². The van der Waals surface area contributed by atoms with E-state index in [9.17, 15) is 0 Å². The molecule has 0 aliphatic heterocycles. The van der Waals surface area contributed by atoms with Crippen LogP contribution >= 0.6 is 11.8 Å². The van der Waals surface area contributed by atoms with Gasteiger partial charge in [0.05, 0.1) is 0 Å². The molecule has 2 N–H and O–H groups in total. The van der Waals surface area contributed by atoms with Gasteiger partial charge in [0.25, 0.3) is 0 Å². The Labute approximate surface area is 73.9 Å². The Hall–Kier alpha value is 0.270. The van der Waals surface area contributed by atoms with Crippen molar-refractivity contribution in [2.45, 2.75) is 25.8 Å². The van der Waals surface area contributed by atoms with Gasteiger partial charge < -0.3 is 10.5 Å². The van der Waals surface area contributed by atoms with Crippen molar-refractivity contribution in [1.82, 2.24) is 0 Å². The van der Waals surface area contributed by atoms with E-state index in [2.05, 4.69) is 6.92 Å². The number of ether oxygens (including phenoxy) is 1. The Kier molecular flexibility index (Phi) is 8.57. The Balaban J connectivity index is 2.80. The molecule has 0 rings (SSSR count). The molecule has 0 aliphatic carbocycles. The van der Waals surface area contributed by atoms with Crippen LogP contribution in [0.15, 0.2) is 0 Å². The van der Waals surface area contributed by atoms with Crippen LogP contribution in [-0.2, 0) is 4.74 Å². The lowest BCUT2D eigenvalue weighted by Crippen LogP contribution is -2.15. The summed E-state index contributed by atoms with van der Waals surface area (Å²) in [4.78, 5) is 0. The third-order valence-corrected chi connectivity index (χ3v) is 2.46. The molecule has 0 saturated carbocycles. The third kappa shape index (κ3) is 10.3. The average molecular weight is 177 g/mol. The fourth-order valence-electron chi connectivity index (χ4n) is 0.677. The van der Waals surface area contributed by atoms with Crippen LogP contribution in [0.1, 0.15) is 19.8 Å². The highest BCUT2D eigenvalue weighted by Gasteiger charge is 1.93. The monoisotopic (exact) mass is 177 g/mol. The SMILES string of the molecule is COCCCSCCC(C)N. The molecule has 1 unspecified atom stereocenters. The molecule has 2 nitrogen and oxygen atoms in total. The Bertz CT molecular complexity index is 78.5. The van der Waals surface area contributed by atoms with E-state index in [0.29, 0.717) is 6.04 Å². The van der Waals surface area contributed by atoms with Crippen molar-refractivity contribution in [3.05, 3.63) is 0 Å². The number of rotatable bonds is 7. The maximum Gasteiger partial charge on any atom is 0.0470 e. The van der Waals surface area contributed by atoms with Gasteiger partial charge in [-0.05, 0) is 31.3 Å². The van der Waals surface area contributed by atoms with Crippen molar-refractivity contribution in [3.8, 4) is 0 Å². The number of nitrogens with two attached hydrogens (primary N) is 1. The predicted octanol–water partition coefficient (Wildman–Crippen LogP) is 1.49. The van der Waals surface area contributed by atoms with Crippen molar-refractivity contribution >= 4 is 11.8 Å². The lowest BCUT2D eigenvalue weighted by atomic mass is 10.3. The molecule has 0 amide bonds. The molecule has 0 aromatic rings. The zero-order chi connectivity index (χ0) is 8.53. The fourth-order valence-corrected chi connectivity index (χ4v) is 1.74. The lowest BCUT2D eigenvalue weighted by molar-refractivity contribution is 0.200. The summed E-state index contributed by atoms with van der Waals surface area (Å²) in [6, 6.07) is 0.352. The predicted molar refractivity (Wildman–Crippen MR) is 52.1 cm³/mol. The van der Waals surface area contributed by atoms with Gasteiger partial charge in [0.15, 0.2) is 0 Å². The van der Waals surface area contributed by atoms with E-state index in [1.165, 1.54) is 11.5 Å². The van der Waals surface area contributed by atoms with Crippen LogP contribution in [0.2, 0.25) is 0 Å². The minimum absolute atomic E-state index is 0.352. The number of methoxy groups -OCH3 is 1. The van der Waals surface area contributed by atoms with Gasteiger partial charge in [0.2, 0.25) is 0 Å². The molecule has 68 valence electrons. The molecule has 0 radical (unpaired) electrons. The largest absolute Gasteiger partial charge is 0.385 e. The topological polar surface area (TPSA) is 35.2 Å². The van der Waals surface area contributed by atoms with Gasteiger partial charge >= 0.3 is 0 Å². The summed E-state index contributed by atoms with van der Waals surface area (Å²) in [5.74, 6) is 2.38. The van der Waals surface area contributed by atoms with Gasteiger partial charge in [-0.2, -0.15) is 11.8 Å². The van der Waals surface area contributed by atoms with E-state index in [-0.39, 0.29) is 0 Å². The standard InChI is InChI=1S/C8H19NOS/c1-8(9)4-7-11-6-3-5-10-2/h8H,3-7,9H2,1-2H3. The number of hydrogen-bond donors (Lipinski definition) is 1. The minimum atomic E-state index is 0.352. The van der Waals surface area contributed by atoms with Crippen molar-refractivity contribution in [3.63, 3.8) is 0 Å². The number of thioether (sulfide) groups is 1. The Morgan fingerprint density at radius 2 is 2.18 bits per heavy atom. The second-order valence-corrected chi connectivity index (χ2v) is 3.95. The highest BCUT2D eigenvalue weighted by Crippen LogP contribution is 2.05. The van der Waals surface area contributed by atoms with Crippen molar-refractivity contribution < 1.29 is 4.74 Å². The van der Waals surface area contributed by atoms with E-state index >= 15 is 0 Å². The summed E-state index contributed by atoms with van der Waals surface area (Å²) in [5.41, 5.74) is 5.60. The third-order valence-electron chi connectivity index (χ3n) is 1.35. The van der Waals surface area contributed by atoms with Crippen LogP contribution in [0, 0.1) is 0 Å². The molecule has 0 spiro atoms. The van der Waals surface area contributed by atoms with Gasteiger partial charge in [-0.15, -0.1) is 0 Å². The van der Waals surface area contributed by atoms with Crippen LogP contribution in [0.4, 0.5) is 0 Å². The molecule has 1 atom stereocenters. The van der Waals surface area contributed by atoms with E-state index in [0.717, 1.165) is 19.4 Å². The van der Waals surface area contributed by atoms with Gasteiger partial charge in [0, 0.05) is 19.8 Å². The second kappa shape index (κ2) is 8.37. The smallest absolute Gasteiger partial charge is 0.0470 e. The molecule has 0 saturated heterocycles. The molecule has 11 heavy (non-hydrogen) atoms. The molecule has 0 aromatic carbocycles. The molecular weight excluding hydrogens is 158 g/mol. The highest BCUT2D eigenvalue weighted by atomic mass is 32.2. The minimum Gasteiger partial charge on any atom is -0.385 e. The Morgan fingerprint density at radius 3 is 2.73 bits per heavy atom. The van der Waals surface area contributed by atoms with Crippen molar-refractivity contribution in [2.75, 3.05) is 25.2 Å². The molecule has 0 fully saturated rings. The van der Waals surface area contributed by atoms with Crippen molar-refractivity contribution in [2.24, 2.45) is 5.73 Å². The summed E-state index contributed by atoms with van der Waals surface area (Å²) in [6.45, 7) is 2.93. The normalized spacial score (nSPS) is 13.4. The zero-order valence-electron chi connectivity index (χ0n) is 7.51. The summed E-state index contributed by atoms with van der Waals surface area (Å²) < 4.78 is 4.93. The maximum absolute atomic E-state index is 5.60.